The zero-order valence-electron chi connectivity index (χ0n) is 5.69. The van der Waals surface area contributed by atoms with Crippen molar-refractivity contribution < 1.29 is 0 Å². The first-order valence-corrected chi connectivity index (χ1v) is 3.92. The second-order valence-corrected chi connectivity index (χ2v) is 3.21. The topological polar surface area (TPSA) is 24.1 Å². The summed E-state index contributed by atoms with van der Waals surface area (Å²) in [6, 6.07) is 0. The number of hydrogen-bond donors (Lipinski definition) is 2. The third-order valence-corrected chi connectivity index (χ3v) is 2.67. The maximum absolute atomic E-state index is 3.17. The highest BCUT2D eigenvalue weighted by molar-refractivity contribution is 4.82. The van der Waals surface area contributed by atoms with Gasteiger partial charge in [0, 0.05) is 13.1 Å². The SMILES string of the molecule is C1CC(C2CNNC2)C1. The first-order chi connectivity index (χ1) is 4.47. The van der Waals surface area contributed by atoms with Crippen LogP contribution in [-0.2, 0) is 0 Å². The molecule has 0 unspecified atom stereocenters. The number of nitrogens with one attached hydrogen (secondary N) is 2. The summed E-state index contributed by atoms with van der Waals surface area (Å²) < 4.78 is 0. The molecule has 0 aromatic carbocycles. The molecule has 1 aliphatic heterocycles. The van der Waals surface area contributed by atoms with Gasteiger partial charge in [0.05, 0.1) is 0 Å². The van der Waals surface area contributed by atoms with Crippen LogP contribution in [0.25, 0.3) is 0 Å². The Balaban J connectivity index is 1.82. The van der Waals surface area contributed by atoms with Crippen molar-refractivity contribution in [3.63, 3.8) is 0 Å². The molecule has 0 aromatic rings. The van der Waals surface area contributed by atoms with Crippen molar-refractivity contribution in [2.45, 2.75) is 19.3 Å². The Bertz CT molecular complexity index is 93.1. The van der Waals surface area contributed by atoms with E-state index in [0.29, 0.717) is 0 Å². The molecule has 1 aliphatic carbocycles. The summed E-state index contributed by atoms with van der Waals surface area (Å²) in [7, 11) is 0. The van der Waals surface area contributed by atoms with E-state index in [1.165, 1.54) is 32.4 Å². The first-order valence-electron chi connectivity index (χ1n) is 3.92. The Morgan fingerprint density at radius 3 is 2.00 bits per heavy atom. The lowest BCUT2D eigenvalue weighted by atomic mass is 9.76. The lowest BCUT2D eigenvalue weighted by molar-refractivity contribution is 0.228. The van der Waals surface area contributed by atoms with E-state index >= 15 is 0 Å². The normalized spacial score (nSPS) is 30.7. The minimum atomic E-state index is 0.943. The molecule has 2 heteroatoms. The average molecular weight is 126 g/mol. The Hall–Kier alpha value is -0.0800. The lowest BCUT2D eigenvalue weighted by Crippen LogP contribution is -2.25. The molecule has 0 bridgehead atoms. The predicted octanol–water partition coefficient (Wildman–Crippen LogP) is 0.511. The maximum atomic E-state index is 3.17. The summed E-state index contributed by atoms with van der Waals surface area (Å²) in [6.07, 6.45) is 4.43. The maximum Gasteiger partial charge on any atom is 0.0143 e. The first kappa shape index (κ1) is 5.69. The van der Waals surface area contributed by atoms with Gasteiger partial charge in [0.2, 0.25) is 0 Å². The highest BCUT2D eigenvalue weighted by atomic mass is 15.4. The van der Waals surface area contributed by atoms with E-state index in [4.69, 9.17) is 0 Å². The molecule has 2 nitrogen and oxygen atoms in total. The van der Waals surface area contributed by atoms with Crippen molar-refractivity contribution in [1.82, 2.24) is 10.9 Å². The Kier molecular flexibility index (Phi) is 1.44. The summed E-state index contributed by atoms with van der Waals surface area (Å²) in [4.78, 5) is 0. The fourth-order valence-corrected chi connectivity index (χ4v) is 1.72. The van der Waals surface area contributed by atoms with Crippen molar-refractivity contribution in [3.05, 3.63) is 0 Å². The van der Waals surface area contributed by atoms with Crippen molar-refractivity contribution in [1.29, 1.82) is 0 Å². The Morgan fingerprint density at radius 1 is 0.889 bits per heavy atom. The van der Waals surface area contributed by atoms with Gasteiger partial charge in [0.1, 0.15) is 0 Å². The average Bonchev–Trinajstić information content (AvgIpc) is 2.11. The highest BCUT2D eigenvalue weighted by Crippen LogP contribution is 2.33. The standard InChI is InChI=1S/C7H14N2/c1-2-6(3-1)7-4-8-9-5-7/h6-9H,1-5H2. The van der Waals surface area contributed by atoms with E-state index in [0.717, 1.165) is 11.8 Å². The fourth-order valence-electron chi connectivity index (χ4n) is 1.72. The van der Waals surface area contributed by atoms with Crippen LogP contribution in [0.5, 0.6) is 0 Å². The van der Waals surface area contributed by atoms with Crippen LogP contribution in [-0.4, -0.2) is 13.1 Å². The molecule has 0 spiro atoms. The van der Waals surface area contributed by atoms with Gasteiger partial charge >= 0.3 is 0 Å². The van der Waals surface area contributed by atoms with Gasteiger partial charge in [-0.3, -0.25) is 10.9 Å². The number of hydrazine groups is 1. The van der Waals surface area contributed by atoms with Gasteiger partial charge in [-0.1, -0.05) is 19.3 Å². The van der Waals surface area contributed by atoms with E-state index < -0.39 is 0 Å². The summed E-state index contributed by atoms with van der Waals surface area (Å²) in [5.74, 6) is 1.99. The number of hydrogen-bond acceptors (Lipinski definition) is 2. The van der Waals surface area contributed by atoms with Crippen LogP contribution < -0.4 is 10.9 Å². The van der Waals surface area contributed by atoms with Crippen LogP contribution in [0.15, 0.2) is 0 Å². The lowest BCUT2D eigenvalue weighted by Gasteiger charge is -2.29. The van der Waals surface area contributed by atoms with E-state index in [2.05, 4.69) is 10.9 Å². The number of rotatable bonds is 1. The molecule has 1 saturated carbocycles. The van der Waals surface area contributed by atoms with Gasteiger partial charge in [-0.05, 0) is 11.8 Å². The fraction of sp³-hybridized carbons (Fsp3) is 1.00. The zero-order chi connectivity index (χ0) is 6.10. The molecule has 1 saturated heterocycles. The summed E-state index contributed by atoms with van der Waals surface area (Å²) >= 11 is 0. The third kappa shape index (κ3) is 0.970. The molecular weight excluding hydrogens is 112 g/mol. The minimum absolute atomic E-state index is 0.943. The second kappa shape index (κ2) is 2.27. The zero-order valence-corrected chi connectivity index (χ0v) is 5.69. The minimum Gasteiger partial charge on any atom is -0.258 e. The Morgan fingerprint density at radius 2 is 1.56 bits per heavy atom. The molecule has 0 aromatic heterocycles. The molecule has 2 fully saturated rings. The third-order valence-electron chi connectivity index (χ3n) is 2.67. The predicted molar refractivity (Wildman–Crippen MR) is 36.8 cm³/mol. The molecule has 0 atom stereocenters. The smallest absolute Gasteiger partial charge is 0.0143 e. The van der Waals surface area contributed by atoms with Gasteiger partial charge in [-0.25, -0.2) is 0 Å². The van der Waals surface area contributed by atoms with Gasteiger partial charge in [0.15, 0.2) is 0 Å². The van der Waals surface area contributed by atoms with Gasteiger partial charge in [0.25, 0.3) is 0 Å². The molecule has 9 heavy (non-hydrogen) atoms. The van der Waals surface area contributed by atoms with E-state index in [1.807, 2.05) is 0 Å². The van der Waals surface area contributed by atoms with Gasteiger partial charge < -0.3 is 0 Å². The molecule has 52 valence electrons. The van der Waals surface area contributed by atoms with Crippen molar-refractivity contribution >= 4 is 0 Å². The molecule has 1 heterocycles. The summed E-state index contributed by atoms with van der Waals surface area (Å²) in [5.41, 5.74) is 6.34. The quantitative estimate of drug-likeness (QED) is 0.535. The largest absolute Gasteiger partial charge is 0.258 e. The molecule has 2 N–H and O–H groups in total. The van der Waals surface area contributed by atoms with E-state index in [-0.39, 0.29) is 0 Å². The van der Waals surface area contributed by atoms with Crippen LogP contribution >= 0.6 is 0 Å². The van der Waals surface area contributed by atoms with Gasteiger partial charge in [-0.2, -0.15) is 0 Å². The monoisotopic (exact) mass is 126 g/mol. The van der Waals surface area contributed by atoms with E-state index in [1.54, 1.807) is 0 Å². The summed E-state index contributed by atoms with van der Waals surface area (Å²) in [5, 5.41) is 0. The second-order valence-electron chi connectivity index (χ2n) is 3.21. The highest BCUT2D eigenvalue weighted by Gasteiger charge is 2.28. The molecule has 0 amide bonds. The molecule has 0 radical (unpaired) electrons. The molecular formula is C7H14N2. The van der Waals surface area contributed by atoms with Crippen LogP contribution in [0.2, 0.25) is 0 Å². The van der Waals surface area contributed by atoms with Crippen LogP contribution in [0.4, 0.5) is 0 Å². The summed E-state index contributed by atoms with van der Waals surface area (Å²) in [6.45, 7) is 2.40. The van der Waals surface area contributed by atoms with Crippen LogP contribution in [0.3, 0.4) is 0 Å². The van der Waals surface area contributed by atoms with Crippen molar-refractivity contribution in [2.24, 2.45) is 11.8 Å². The Labute approximate surface area is 56.0 Å². The van der Waals surface area contributed by atoms with Crippen LogP contribution in [0.1, 0.15) is 19.3 Å². The van der Waals surface area contributed by atoms with Crippen LogP contribution in [0, 0.1) is 11.8 Å². The molecule has 2 aliphatic rings. The van der Waals surface area contributed by atoms with Gasteiger partial charge in [-0.15, -0.1) is 0 Å². The van der Waals surface area contributed by atoms with E-state index in [9.17, 15) is 0 Å². The molecule has 2 rings (SSSR count). The van der Waals surface area contributed by atoms with Crippen molar-refractivity contribution in [3.8, 4) is 0 Å². The van der Waals surface area contributed by atoms with Crippen molar-refractivity contribution in [2.75, 3.05) is 13.1 Å².